The van der Waals surface area contributed by atoms with Gasteiger partial charge in [-0.1, -0.05) is 32.1 Å². The van der Waals surface area contributed by atoms with Crippen LogP contribution < -0.4 is 10.2 Å². The molecule has 1 aliphatic carbocycles. The number of aryl methyl sites for hydroxylation is 1. The molecular weight excluding hydrogens is 325 g/mol. The molecular formula is C16H19F3N2O3. The molecule has 1 unspecified atom stereocenters. The fourth-order valence-electron chi connectivity index (χ4n) is 3.55. The van der Waals surface area contributed by atoms with Crippen molar-refractivity contribution in [2.45, 2.75) is 57.7 Å². The molecule has 2 fully saturated rings. The Kier molecular flexibility index (Phi) is 4.31. The number of imide groups is 1. The Balaban J connectivity index is 1.82. The number of amides is 3. The third kappa shape index (κ3) is 3.14. The molecule has 0 spiro atoms. The van der Waals surface area contributed by atoms with Crippen molar-refractivity contribution in [3.63, 3.8) is 0 Å². The van der Waals surface area contributed by atoms with E-state index in [9.17, 15) is 22.8 Å². The maximum atomic E-state index is 13.1. The molecule has 1 aromatic heterocycles. The first-order chi connectivity index (χ1) is 11.3. The second-order valence-electron chi connectivity index (χ2n) is 6.48. The number of halogens is 3. The van der Waals surface area contributed by atoms with Gasteiger partial charge in [0, 0.05) is 6.07 Å². The van der Waals surface area contributed by atoms with Gasteiger partial charge in [0.25, 0.3) is 5.91 Å². The van der Waals surface area contributed by atoms with Crippen molar-refractivity contribution in [1.82, 2.24) is 5.32 Å². The van der Waals surface area contributed by atoms with Crippen molar-refractivity contribution in [2.75, 3.05) is 4.90 Å². The average Bonchev–Trinajstić information content (AvgIpc) is 3.00. The van der Waals surface area contributed by atoms with Gasteiger partial charge in [-0.15, -0.1) is 0 Å². The average molecular weight is 344 g/mol. The van der Waals surface area contributed by atoms with Gasteiger partial charge >= 0.3 is 12.2 Å². The van der Waals surface area contributed by atoms with Crippen LogP contribution in [-0.4, -0.2) is 18.0 Å². The summed E-state index contributed by atoms with van der Waals surface area (Å²) < 4.78 is 43.9. The van der Waals surface area contributed by atoms with E-state index < -0.39 is 35.6 Å². The Morgan fingerprint density at radius 1 is 1.25 bits per heavy atom. The fraction of sp³-hybridized carbons (Fsp3) is 0.625. The second kappa shape index (κ2) is 6.14. The van der Waals surface area contributed by atoms with Crippen molar-refractivity contribution in [3.05, 3.63) is 17.6 Å². The Hall–Kier alpha value is -1.99. The number of anilines is 1. The Labute approximate surface area is 137 Å². The quantitative estimate of drug-likeness (QED) is 0.843. The summed E-state index contributed by atoms with van der Waals surface area (Å²) in [4.78, 5) is 25.2. The summed E-state index contributed by atoms with van der Waals surface area (Å²) in [5.74, 6) is -1.64. The van der Waals surface area contributed by atoms with E-state index in [0.29, 0.717) is 17.2 Å². The second-order valence-corrected chi connectivity index (χ2v) is 6.48. The van der Waals surface area contributed by atoms with Crippen LogP contribution in [-0.2, 0) is 11.0 Å². The molecule has 24 heavy (non-hydrogen) atoms. The number of hydrogen-bond acceptors (Lipinski definition) is 3. The summed E-state index contributed by atoms with van der Waals surface area (Å²) in [5, 5.41) is 2.52. The van der Waals surface area contributed by atoms with Gasteiger partial charge in [0.2, 0.25) is 5.76 Å². The lowest BCUT2D eigenvalue weighted by molar-refractivity contribution is -0.152. The highest BCUT2D eigenvalue weighted by Gasteiger charge is 2.47. The minimum atomic E-state index is -4.77. The molecule has 1 saturated carbocycles. The molecule has 1 atom stereocenters. The van der Waals surface area contributed by atoms with E-state index in [0.717, 1.165) is 38.2 Å². The first kappa shape index (κ1) is 16.9. The van der Waals surface area contributed by atoms with E-state index in [1.807, 2.05) is 0 Å². The lowest BCUT2D eigenvalue weighted by Gasteiger charge is -2.23. The molecule has 3 rings (SSSR count). The molecule has 1 N–H and O–H groups in total. The van der Waals surface area contributed by atoms with Gasteiger partial charge < -0.3 is 9.73 Å². The molecule has 1 aliphatic heterocycles. The molecule has 132 valence electrons. The Morgan fingerprint density at radius 2 is 1.92 bits per heavy atom. The van der Waals surface area contributed by atoms with Crippen molar-refractivity contribution < 1.29 is 27.2 Å². The molecule has 2 aliphatic rings. The van der Waals surface area contributed by atoms with Crippen molar-refractivity contribution in [1.29, 1.82) is 0 Å². The number of nitrogens with one attached hydrogen (secondary N) is 1. The lowest BCUT2D eigenvalue weighted by Crippen LogP contribution is -2.33. The largest absolute Gasteiger partial charge is 0.455 e. The minimum absolute atomic E-state index is 0.00587. The summed E-state index contributed by atoms with van der Waals surface area (Å²) in [6.45, 7) is 1.34. The number of nitrogens with zero attached hydrogens (tertiary/aromatic N) is 1. The van der Waals surface area contributed by atoms with Gasteiger partial charge in [-0.3, -0.25) is 4.79 Å². The van der Waals surface area contributed by atoms with Gasteiger partial charge in [-0.25, -0.2) is 9.69 Å². The predicted molar refractivity (Wildman–Crippen MR) is 79.4 cm³/mol. The van der Waals surface area contributed by atoms with Gasteiger partial charge in [-0.2, -0.15) is 13.2 Å². The van der Waals surface area contributed by atoms with Crippen LogP contribution >= 0.6 is 0 Å². The van der Waals surface area contributed by atoms with Crippen LogP contribution in [0.25, 0.3) is 0 Å². The molecule has 0 aromatic carbocycles. The number of furan rings is 1. The number of hydrogen-bond donors (Lipinski definition) is 1. The van der Waals surface area contributed by atoms with Crippen LogP contribution in [0.3, 0.4) is 0 Å². The smallest absolute Gasteiger partial charge is 0.451 e. The van der Waals surface area contributed by atoms with Crippen molar-refractivity contribution >= 4 is 17.6 Å². The summed E-state index contributed by atoms with van der Waals surface area (Å²) in [7, 11) is 0. The maximum absolute atomic E-state index is 13.1. The standard InChI is InChI=1S/C16H19F3N2O3/c1-9-7-12(13(24-9)16(17,18)19)21-14(22)11(20-15(21)23)8-10-5-3-2-4-6-10/h7,10-11H,2-6,8H2,1H3,(H,20,23). The zero-order chi connectivity index (χ0) is 17.5. The highest BCUT2D eigenvalue weighted by atomic mass is 19.4. The number of rotatable bonds is 3. The summed E-state index contributed by atoms with van der Waals surface area (Å²) in [5.41, 5.74) is -0.534. The molecule has 0 bridgehead atoms. The van der Waals surface area contributed by atoms with Crippen LogP contribution in [0.15, 0.2) is 10.5 Å². The van der Waals surface area contributed by atoms with Gasteiger partial charge in [0.15, 0.2) is 0 Å². The highest BCUT2D eigenvalue weighted by Crippen LogP contribution is 2.40. The summed E-state index contributed by atoms with van der Waals surface area (Å²) in [6, 6.07) is -0.521. The van der Waals surface area contributed by atoms with Crippen LogP contribution in [0.5, 0.6) is 0 Å². The van der Waals surface area contributed by atoms with Crippen molar-refractivity contribution in [2.24, 2.45) is 5.92 Å². The number of carbonyl (C=O) groups is 2. The number of carbonyl (C=O) groups excluding carboxylic acids is 2. The fourth-order valence-corrected chi connectivity index (χ4v) is 3.55. The van der Waals surface area contributed by atoms with E-state index in [2.05, 4.69) is 9.73 Å². The molecule has 3 amide bonds. The van der Waals surface area contributed by atoms with E-state index in [4.69, 9.17) is 0 Å². The zero-order valence-electron chi connectivity index (χ0n) is 13.3. The monoisotopic (exact) mass is 344 g/mol. The topological polar surface area (TPSA) is 62.6 Å². The molecule has 0 radical (unpaired) electrons. The van der Waals surface area contributed by atoms with E-state index in [-0.39, 0.29) is 5.76 Å². The maximum Gasteiger partial charge on any atom is 0.451 e. The predicted octanol–water partition coefficient (Wildman–Crippen LogP) is 4.00. The Morgan fingerprint density at radius 3 is 2.54 bits per heavy atom. The van der Waals surface area contributed by atoms with Crippen LogP contribution in [0.2, 0.25) is 0 Å². The van der Waals surface area contributed by atoms with Crippen LogP contribution in [0, 0.1) is 12.8 Å². The Bertz CT molecular complexity index is 647. The zero-order valence-corrected chi connectivity index (χ0v) is 13.3. The summed E-state index contributed by atoms with van der Waals surface area (Å²) in [6.07, 6.45) is 1.00. The molecule has 2 heterocycles. The van der Waals surface area contributed by atoms with Gasteiger partial charge in [0.1, 0.15) is 17.5 Å². The third-order valence-corrected chi connectivity index (χ3v) is 4.65. The first-order valence-corrected chi connectivity index (χ1v) is 8.09. The van der Waals surface area contributed by atoms with E-state index in [1.54, 1.807) is 0 Å². The van der Waals surface area contributed by atoms with Crippen LogP contribution in [0.4, 0.5) is 23.7 Å². The van der Waals surface area contributed by atoms with Crippen molar-refractivity contribution in [3.8, 4) is 0 Å². The minimum Gasteiger partial charge on any atom is -0.455 e. The molecule has 1 aromatic rings. The molecule has 8 heteroatoms. The SMILES string of the molecule is Cc1cc(N2C(=O)NC(CC3CCCCC3)C2=O)c(C(F)(F)F)o1. The van der Waals surface area contributed by atoms with Crippen LogP contribution in [0.1, 0.15) is 50.0 Å². The van der Waals surface area contributed by atoms with E-state index in [1.165, 1.54) is 6.92 Å². The molecule has 5 nitrogen and oxygen atoms in total. The molecule has 1 saturated heterocycles. The van der Waals surface area contributed by atoms with Gasteiger partial charge in [-0.05, 0) is 19.3 Å². The van der Waals surface area contributed by atoms with Gasteiger partial charge in [0.05, 0.1) is 0 Å². The number of alkyl halides is 3. The first-order valence-electron chi connectivity index (χ1n) is 8.09. The third-order valence-electron chi connectivity index (χ3n) is 4.65. The summed E-state index contributed by atoms with van der Waals surface area (Å²) >= 11 is 0. The highest BCUT2D eigenvalue weighted by molar-refractivity contribution is 6.21. The number of urea groups is 1. The normalized spacial score (nSPS) is 23.0. The lowest BCUT2D eigenvalue weighted by atomic mass is 9.85. The van der Waals surface area contributed by atoms with E-state index >= 15 is 0 Å².